The summed E-state index contributed by atoms with van der Waals surface area (Å²) in [5.41, 5.74) is -0.423. The van der Waals surface area contributed by atoms with Gasteiger partial charge in [0.2, 0.25) is 0 Å². The van der Waals surface area contributed by atoms with Crippen molar-refractivity contribution >= 4 is 23.3 Å². The van der Waals surface area contributed by atoms with Crippen LogP contribution in [0, 0.1) is 10.1 Å². The van der Waals surface area contributed by atoms with Gasteiger partial charge in [0.05, 0.1) is 9.95 Å². The lowest BCUT2D eigenvalue weighted by Crippen LogP contribution is -1.99. The third-order valence-electron chi connectivity index (χ3n) is 2.06. The molecule has 92 valence electrons. The van der Waals surface area contributed by atoms with Crippen LogP contribution in [0.5, 0.6) is 0 Å². The highest BCUT2D eigenvalue weighted by molar-refractivity contribution is 6.32. The number of hydrogen-bond donors (Lipinski definition) is 1. The summed E-state index contributed by atoms with van der Waals surface area (Å²) in [5, 5.41) is 19.2. The van der Waals surface area contributed by atoms with E-state index in [2.05, 4.69) is 9.97 Å². The number of rotatable bonds is 3. The molecule has 0 aromatic carbocycles. The Balaban J connectivity index is 2.44. The van der Waals surface area contributed by atoms with Crippen LogP contribution in [-0.2, 0) is 0 Å². The fourth-order valence-electron chi connectivity index (χ4n) is 1.26. The summed E-state index contributed by atoms with van der Waals surface area (Å²) in [4.78, 5) is 28.0. The first-order valence-corrected chi connectivity index (χ1v) is 4.94. The summed E-state index contributed by atoms with van der Waals surface area (Å²) in [6, 6.07) is 1.13. The van der Waals surface area contributed by atoms with Crippen LogP contribution >= 0.6 is 11.6 Å². The maximum atomic E-state index is 10.7. The van der Waals surface area contributed by atoms with E-state index in [1.54, 1.807) is 0 Å². The molecule has 0 bridgehead atoms. The Morgan fingerprint density at radius 1 is 1.50 bits per heavy atom. The Morgan fingerprint density at radius 3 is 2.72 bits per heavy atom. The molecule has 0 fully saturated rings. The highest BCUT2D eigenvalue weighted by Gasteiger charge is 2.14. The normalized spacial score (nSPS) is 10.3. The molecule has 0 atom stereocenters. The third kappa shape index (κ3) is 2.13. The first-order chi connectivity index (χ1) is 8.49. The average molecular weight is 269 g/mol. The zero-order chi connectivity index (χ0) is 13.3. The Labute approximate surface area is 105 Å². The number of aromatic carboxylic acids is 1. The number of halogens is 1. The minimum atomic E-state index is -1.19. The Kier molecular flexibility index (Phi) is 2.94. The van der Waals surface area contributed by atoms with Gasteiger partial charge in [0.15, 0.2) is 11.5 Å². The molecule has 8 nitrogen and oxygen atoms in total. The Hall–Kier alpha value is -2.48. The number of pyridine rings is 1. The van der Waals surface area contributed by atoms with Crippen molar-refractivity contribution in [2.45, 2.75) is 0 Å². The van der Waals surface area contributed by atoms with E-state index in [4.69, 9.17) is 16.7 Å². The van der Waals surface area contributed by atoms with Gasteiger partial charge >= 0.3 is 5.97 Å². The maximum absolute atomic E-state index is 10.7. The van der Waals surface area contributed by atoms with E-state index in [1.807, 2.05) is 0 Å². The average Bonchev–Trinajstić information content (AvgIpc) is 2.78. The third-order valence-corrected chi connectivity index (χ3v) is 2.34. The van der Waals surface area contributed by atoms with Crippen LogP contribution in [0.25, 0.3) is 5.82 Å². The van der Waals surface area contributed by atoms with Crippen LogP contribution < -0.4 is 0 Å². The largest absolute Gasteiger partial charge is 0.476 e. The molecule has 1 N–H and O–H groups in total. The number of carboxylic acids is 1. The molecule has 0 amide bonds. The van der Waals surface area contributed by atoms with Crippen LogP contribution in [0.15, 0.2) is 24.8 Å². The van der Waals surface area contributed by atoms with E-state index >= 15 is 0 Å². The van der Waals surface area contributed by atoms with E-state index in [9.17, 15) is 14.9 Å². The summed E-state index contributed by atoms with van der Waals surface area (Å²) < 4.78 is 1.27. The van der Waals surface area contributed by atoms with Crippen molar-refractivity contribution in [2.75, 3.05) is 0 Å². The second kappa shape index (κ2) is 4.41. The monoisotopic (exact) mass is 268 g/mol. The molecule has 0 saturated carbocycles. The lowest BCUT2D eigenvalue weighted by Gasteiger charge is -2.02. The van der Waals surface area contributed by atoms with E-state index < -0.39 is 10.9 Å². The molecule has 0 aliphatic carbocycles. The van der Waals surface area contributed by atoms with Gasteiger partial charge in [0.1, 0.15) is 12.5 Å². The van der Waals surface area contributed by atoms with Crippen LogP contribution in [-0.4, -0.2) is 30.5 Å². The van der Waals surface area contributed by atoms with Crippen LogP contribution in [0.3, 0.4) is 0 Å². The minimum absolute atomic E-state index is 0.0264. The summed E-state index contributed by atoms with van der Waals surface area (Å²) in [7, 11) is 0. The van der Waals surface area contributed by atoms with Gasteiger partial charge in [0, 0.05) is 12.3 Å². The van der Waals surface area contributed by atoms with Crippen molar-refractivity contribution in [1.82, 2.24) is 14.5 Å². The summed E-state index contributed by atoms with van der Waals surface area (Å²) in [6.07, 6.45) is 3.45. The van der Waals surface area contributed by atoms with Gasteiger partial charge in [-0.1, -0.05) is 11.6 Å². The minimum Gasteiger partial charge on any atom is -0.476 e. The predicted molar refractivity (Wildman–Crippen MR) is 60.0 cm³/mol. The van der Waals surface area contributed by atoms with Crippen molar-refractivity contribution in [2.24, 2.45) is 0 Å². The number of hydrogen-bond acceptors (Lipinski definition) is 5. The van der Waals surface area contributed by atoms with Crippen molar-refractivity contribution in [3.8, 4) is 5.82 Å². The topological polar surface area (TPSA) is 111 Å². The zero-order valence-corrected chi connectivity index (χ0v) is 9.40. The molecule has 0 saturated heterocycles. The van der Waals surface area contributed by atoms with Gasteiger partial charge in [0.25, 0.3) is 5.69 Å². The van der Waals surface area contributed by atoms with E-state index in [0.717, 1.165) is 12.3 Å². The molecule has 18 heavy (non-hydrogen) atoms. The molecule has 9 heteroatoms. The quantitative estimate of drug-likeness (QED) is 0.667. The lowest BCUT2D eigenvalue weighted by atomic mass is 10.4. The summed E-state index contributed by atoms with van der Waals surface area (Å²) in [6.45, 7) is 0. The molecule has 0 unspecified atom stereocenters. The molecule has 2 aromatic heterocycles. The molecule has 0 aliphatic rings. The number of carboxylic acid groups (broad SMARTS) is 1. The smallest absolute Gasteiger partial charge is 0.356 e. The molecule has 0 aliphatic heterocycles. The van der Waals surface area contributed by atoms with Crippen molar-refractivity contribution in [3.63, 3.8) is 0 Å². The van der Waals surface area contributed by atoms with Crippen LogP contribution in [0.4, 0.5) is 5.69 Å². The SMILES string of the molecule is O=C(O)c1cn(-c2ncc([N+](=O)[O-])cc2Cl)cn1. The van der Waals surface area contributed by atoms with Crippen molar-refractivity contribution < 1.29 is 14.8 Å². The Bertz CT molecular complexity index is 639. The van der Waals surface area contributed by atoms with Gasteiger partial charge < -0.3 is 5.11 Å². The maximum Gasteiger partial charge on any atom is 0.356 e. The number of aromatic nitrogens is 3. The van der Waals surface area contributed by atoms with E-state index in [-0.39, 0.29) is 22.2 Å². The highest BCUT2D eigenvalue weighted by Crippen LogP contribution is 2.22. The fraction of sp³-hybridized carbons (Fsp3) is 0. The standard InChI is InChI=1S/C9H5ClN4O4/c10-6-1-5(14(17)18)2-11-8(6)13-3-7(9(15)16)12-4-13/h1-4H,(H,15,16). The molecule has 2 aromatic rings. The second-order valence-corrected chi connectivity index (χ2v) is 3.63. The second-order valence-electron chi connectivity index (χ2n) is 3.23. The van der Waals surface area contributed by atoms with Gasteiger partial charge in [-0.3, -0.25) is 14.7 Å². The van der Waals surface area contributed by atoms with Crippen LogP contribution in [0.2, 0.25) is 5.02 Å². The molecule has 0 radical (unpaired) electrons. The predicted octanol–water partition coefficient (Wildman–Crippen LogP) is 1.53. The van der Waals surface area contributed by atoms with Crippen molar-refractivity contribution in [3.05, 3.63) is 45.6 Å². The molecule has 2 heterocycles. The summed E-state index contributed by atoms with van der Waals surface area (Å²) in [5.74, 6) is -1.02. The van der Waals surface area contributed by atoms with Gasteiger partial charge in [-0.05, 0) is 0 Å². The van der Waals surface area contributed by atoms with Gasteiger partial charge in [-0.2, -0.15) is 0 Å². The Morgan fingerprint density at radius 2 is 2.22 bits per heavy atom. The van der Waals surface area contributed by atoms with Crippen molar-refractivity contribution in [1.29, 1.82) is 0 Å². The summed E-state index contributed by atoms with van der Waals surface area (Å²) >= 11 is 5.83. The fourth-order valence-corrected chi connectivity index (χ4v) is 1.52. The zero-order valence-electron chi connectivity index (χ0n) is 8.65. The van der Waals surface area contributed by atoms with Gasteiger partial charge in [-0.15, -0.1) is 0 Å². The lowest BCUT2D eigenvalue weighted by molar-refractivity contribution is -0.385. The molecule has 0 spiro atoms. The number of carbonyl (C=O) groups is 1. The van der Waals surface area contributed by atoms with E-state index in [0.29, 0.717) is 0 Å². The number of nitro groups is 1. The first-order valence-electron chi connectivity index (χ1n) is 4.56. The number of imidazole rings is 1. The number of nitrogens with zero attached hydrogens (tertiary/aromatic N) is 4. The van der Waals surface area contributed by atoms with Crippen LogP contribution in [0.1, 0.15) is 10.5 Å². The van der Waals surface area contributed by atoms with E-state index in [1.165, 1.54) is 17.1 Å². The molecule has 2 rings (SSSR count). The first kappa shape index (κ1) is 12.0. The highest BCUT2D eigenvalue weighted by atomic mass is 35.5. The van der Waals surface area contributed by atoms with Gasteiger partial charge in [-0.25, -0.2) is 14.8 Å². The molecular formula is C9H5ClN4O4. The molecular weight excluding hydrogens is 264 g/mol.